The molecule has 0 bridgehead atoms. The van der Waals surface area contributed by atoms with Gasteiger partial charge in [-0.05, 0) is 36.8 Å². The molecule has 4 aromatic rings. The lowest BCUT2D eigenvalue weighted by Crippen LogP contribution is -2.06. The Labute approximate surface area is 183 Å². The highest BCUT2D eigenvalue weighted by Crippen LogP contribution is 2.30. The van der Waals surface area contributed by atoms with E-state index in [2.05, 4.69) is 15.1 Å². The van der Waals surface area contributed by atoms with Gasteiger partial charge in [0.15, 0.2) is 21.3 Å². The van der Waals surface area contributed by atoms with E-state index in [1.807, 2.05) is 30.5 Å². The Hall–Kier alpha value is -3.37. The van der Waals surface area contributed by atoms with E-state index in [1.165, 1.54) is 35.4 Å². The van der Waals surface area contributed by atoms with Crippen LogP contribution in [0.3, 0.4) is 0 Å². The first kappa shape index (κ1) is 20.9. The van der Waals surface area contributed by atoms with Crippen molar-refractivity contribution in [2.75, 3.05) is 13.4 Å². The first-order valence-electron chi connectivity index (χ1n) is 9.12. The van der Waals surface area contributed by atoms with Gasteiger partial charge >= 0.3 is 5.97 Å². The Morgan fingerprint density at radius 3 is 2.52 bits per heavy atom. The van der Waals surface area contributed by atoms with Gasteiger partial charge in [0.1, 0.15) is 0 Å². The number of carbonyl (C=O) groups excluding carboxylic acids is 1. The molecule has 10 heteroatoms. The molecule has 31 heavy (non-hydrogen) atoms. The second-order valence-corrected chi connectivity index (χ2v) is 9.58. The highest BCUT2D eigenvalue weighted by atomic mass is 32.2. The molecule has 0 aliphatic heterocycles. The van der Waals surface area contributed by atoms with E-state index in [1.54, 1.807) is 17.6 Å². The topological polar surface area (TPSA) is 104 Å². The summed E-state index contributed by atoms with van der Waals surface area (Å²) in [6, 6.07) is 10.5. The third-order valence-corrected chi connectivity index (χ3v) is 6.38. The predicted octanol–water partition coefficient (Wildman–Crippen LogP) is 3.56. The number of hydrogen-bond donors (Lipinski definition) is 0. The van der Waals surface area contributed by atoms with Crippen LogP contribution in [0.4, 0.5) is 0 Å². The van der Waals surface area contributed by atoms with Crippen LogP contribution in [0.25, 0.3) is 28.3 Å². The summed E-state index contributed by atoms with van der Waals surface area (Å²) in [4.78, 5) is 20.8. The van der Waals surface area contributed by atoms with Crippen molar-refractivity contribution in [2.45, 2.75) is 11.8 Å². The van der Waals surface area contributed by atoms with E-state index in [-0.39, 0.29) is 10.6 Å². The highest BCUT2D eigenvalue weighted by molar-refractivity contribution is 7.90. The Balaban J connectivity index is 1.83. The minimum Gasteiger partial charge on any atom is -0.464 e. The van der Waals surface area contributed by atoms with Crippen molar-refractivity contribution in [3.63, 3.8) is 0 Å². The van der Waals surface area contributed by atoms with Crippen LogP contribution in [-0.2, 0) is 14.6 Å². The number of benzene rings is 1. The summed E-state index contributed by atoms with van der Waals surface area (Å²) in [6.07, 6.45) is 2.38. The molecule has 0 saturated heterocycles. The zero-order valence-corrected chi connectivity index (χ0v) is 18.6. The standard InChI is InChI=1S/C21H18N4O4S2/c1-13-8-14(4-6-16(13)18-11-30-12-23-18)19-9-17(21(26)29-2)24-25(19)20-7-5-15(10-22-20)31(3,27)28/h4-12H,1-3H3. The van der Waals surface area contributed by atoms with Gasteiger partial charge in [-0.2, -0.15) is 5.10 Å². The summed E-state index contributed by atoms with van der Waals surface area (Å²) >= 11 is 1.53. The maximum atomic E-state index is 12.1. The van der Waals surface area contributed by atoms with E-state index in [0.29, 0.717) is 11.5 Å². The van der Waals surface area contributed by atoms with Gasteiger partial charge in [-0.1, -0.05) is 12.1 Å². The van der Waals surface area contributed by atoms with Crippen molar-refractivity contribution in [2.24, 2.45) is 0 Å². The number of aryl methyl sites for hydroxylation is 1. The molecule has 1 aromatic carbocycles. The third-order valence-electron chi connectivity index (χ3n) is 4.70. The molecular weight excluding hydrogens is 436 g/mol. The summed E-state index contributed by atoms with van der Waals surface area (Å²) in [5.41, 5.74) is 6.26. The molecule has 0 N–H and O–H groups in total. The number of methoxy groups -OCH3 is 1. The maximum Gasteiger partial charge on any atom is 0.358 e. The second-order valence-electron chi connectivity index (χ2n) is 6.85. The number of thiazole rings is 1. The molecule has 8 nitrogen and oxygen atoms in total. The SMILES string of the molecule is COC(=O)c1cc(-c2ccc(-c3cscn3)c(C)c2)n(-c2ccc(S(C)(=O)=O)cn2)n1. The summed E-state index contributed by atoms with van der Waals surface area (Å²) in [6.45, 7) is 1.99. The van der Waals surface area contributed by atoms with Crippen molar-refractivity contribution >= 4 is 27.1 Å². The molecule has 0 aliphatic carbocycles. The van der Waals surface area contributed by atoms with E-state index < -0.39 is 15.8 Å². The largest absolute Gasteiger partial charge is 0.464 e. The summed E-state index contributed by atoms with van der Waals surface area (Å²) < 4.78 is 29.8. The van der Waals surface area contributed by atoms with E-state index >= 15 is 0 Å². The molecule has 0 radical (unpaired) electrons. The minimum absolute atomic E-state index is 0.0987. The quantitative estimate of drug-likeness (QED) is 0.425. The Morgan fingerprint density at radius 2 is 1.94 bits per heavy atom. The Kier molecular flexibility index (Phi) is 5.42. The van der Waals surface area contributed by atoms with Crippen molar-refractivity contribution in [3.8, 4) is 28.3 Å². The van der Waals surface area contributed by atoms with Crippen LogP contribution in [0.1, 0.15) is 16.1 Å². The number of carbonyl (C=O) groups is 1. The Morgan fingerprint density at radius 1 is 1.13 bits per heavy atom. The van der Waals surface area contributed by atoms with Crippen molar-refractivity contribution < 1.29 is 17.9 Å². The van der Waals surface area contributed by atoms with Crippen molar-refractivity contribution in [1.82, 2.24) is 19.7 Å². The molecule has 0 spiro atoms. The molecule has 3 heterocycles. The lowest BCUT2D eigenvalue weighted by Gasteiger charge is -2.10. The average molecular weight is 455 g/mol. The van der Waals surface area contributed by atoms with Crippen molar-refractivity contribution in [1.29, 1.82) is 0 Å². The molecule has 3 aromatic heterocycles. The second kappa shape index (κ2) is 8.05. The number of rotatable bonds is 5. The van der Waals surface area contributed by atoms with Crippen LogP contribution in [0.2, 0.25) is 0 Å². The third kappa shape index (κ3) is 4.12. The lowest BCUT2D eigenvalue weighted by atomic mass is 10.0. The van der Waals surface area contributed by atoms with Gasteiger partial charge < -0.3 is 4.74 Å². The van der Waals surface area contributed by atoms with Gasteiger partial charge in [0.2, 0.25) is 0 Å². The van der Waals surface area contributed by atoms with E-state index in [4.69, 9.17) is 4.74 Å². The average Bonchev–Trinajstić information content (AvgIpc) is 3.43. The number of ether oxygens (including phenoxy) is 1. The molecule has 0 saturated carbocycles. The normalized spacial score (nSPS) is 11.5. The number of aromatic nitrogens is 4. The smallest absolute Gasteiger partial charge is 0.358 e. The molecule has 0 aliphatic rings. The van der Waals surface area contributed by atoms with Gasteiger partial charge in [0, 0.05) is 29.0 Å². The number of nitrogens with zero attached hydrogens (tertiary/aromatic N) is 4. The zero-order chi connectivity index (χ0) is 22.2. The fraction of sp³-hybridized carbons (Fsp3) is 0.143. The first-order chi connectivity index (χ1) is 14.8. The predicted molar refractivity (Wildman–Crippen MR) is 117 cm³/mol. The number of sulfone groups is 1. The molecule has 0 amide bonds. The lowest BCUT2D eigenvalue weighted by molar-refractivity contribution is 0.0593. The maximum absolute atomic E-state index is 12.1. The summed E-state index contributed by atoms with van der Waals surface area (Å²) in [5.74, 6) is -0.206. The molecule has 0 fully saturated rings. The van der Waals surface area contributed by atoms with Crippen LogP contribution in [0.15, 0.2) is 58.4 Å². The van der Waals surface area contributed by atoms with Crippen LogP contribution >= 0.6 is 11.3 Å². The minimum atomic E-state index is -3.38. The van der Waals surface area contributed by atoms with Crippen LogP contribution in [-0.4, -0.2) is 47.5 Å². The summed E-state index contributed by atoms with van der Waals surface area (Å²) in [7, 11) is -2.09. The van der Waals surface area contributed by atoms with Crippen LogP contribution in [0.5, 0.6) is 0 Å². The fourth-order valence-electron chi connectivity index (χ4n) is 3.14. The Bertz CT molecular complexity index is 1360. The first-order valence-corrected chi connectivity index (χ1v) is 12.0. The molecule has 0 atom stereocenters. The molecular formula is C21H18N4O4S2. The van der Waals surface area contributed by atoms with Crippen LogP contribution < -0.4 is 0 Å². The van der Waals surface area contributed by atoms with Gasteiger partial charge in [-0.3, -0.25) is 0 Å². The molecule has 158 valence electrons. The highest BCUT2D eigenvalue weighted by Gasteiger charge is 2.19. The zero-order valence-electron chi connectivity index (χ0n) is 16.9. The monoisotopic (exact) mass is 454 g/mol. The molecule has 0 unspecified atom stereocenters. The van der Waals surface area contributed by atoms with Gasteiger partial charge in [-0.25, -0.2) is 27.9 Å². The van der Waals surface area contributed by atoms with Gasteiger partial charge in [-0.15, -0.1) is 11.3 Å². The number of hydrogen-bond acceptors (Lipinski definition) is 8. The fourth-order valence-corrected chi connectivity index (χ4v) is 4.25. The summed E-state index contributed by atoms with van der Waals surface area (Å²) in [5, 5.41) is 6.32. The van der Waals surface area contributed by atoms with Gasteiger partial charge in [0.25, 0.3) is 0 Å². The van der Waals surface area contributed by atoms with Crippen molar-refractivity contribution in [3.05, 3.63) is 64.7 Å². The molecule has 4 rings (SSSR count). The van der Waals surface area contributed by atoms with Crippen LogP contribution in [0, 0.1) is 6.92 Å². The number of esters is 1. The van der Waals surface area contributed by atoms with E-state index in [9.17, 15) is 13.2 Å². The van der Waals surface area contributed by atoms with Gasteiger partial charge in [0.05, 0.1) is 28.9 Å². The van der Waals surface area contributed by atoms with E-state index in [0.717, 1.165) is 28.6 Å². The number of pyridine rings is 1.